The lowest BCUT2D eigenvalue weighted by molar-refractivity contribution is -0.159. The Morgan fingerprint density at radius 2 is 2.10 bits per heavy atom. The average molecular weight is 413 g/mol. The summed E-state index contributed by atoms with van der Waals surface area (Å²) in [5, 5.41) is 2.80. The normalized spacial score (nSPS) is 24.3. The Labute approximate surface area is 177 Å². The standard InChI is InChI=1S/C24H29FN2O3/c1-18-8-9-20(14-21(18)25)26-23(28)16-27-12-11-24(10-5-13-30-24)22(15-27)29-17-19-6-3-2-4-7-19/h2-4,6-9,14,22H,5,10-13,15-17H2,1H3,(H,26,28)/t22-,24+/m1/s1. The third-order valence-electron chi connectivity index (χ3n) is 6.11. The summed E-state index contributed by atoms with van der Waals surface area (Å²) in [7, 11) is 0. The first-order chi connectivity index (χ1) is 14.5. The van der Waals surface area contributed by atoms with Crippen molar-refractivity contribution in [1.29, 1.82) is 0 Å². The fourth-order valence-electron chi connectivity index (χ4n) is 4.36. The fourth-order valence-corrected chi connectivity index (χ4v) is 4.36. The Balaban J connectivity index is 1.37. The van der Waals surface area contributed by atoms with Crippen LogP contribution in [0.1, 0.15) is 30.4 Å². The zero-order chi connectivity index (χ0) is 21.0. The number of benzene rings is 2. The molecule has 2 heterocycles. The third kappa shape index (κ3) is 4.89. The molecule has 6 heteroatoms. The van der Waals surface area contributed by atoms with Crippen LogP contribution < -0.4 is 5.32 Å². The van der Waals surface area contributed by atoms with Gasteiger partial charge < -0.3 is 14.8 Å². The molecule has 0 saturated carbocycles. The van der Waals surface area contributed by atoms with Gasteiger partial charge in [0.25, 0.3) is 0 Å². The summed E-state index contributed by atoms with van der Waals surface area (Å²) in [6.45, 7) is 4.66. The van der Waals surface area contributed by atoms with Crippen LogP contribution in [0.15, 0.2) is 48.5 Å². The van der Waals surface area contributed by atoms with Crippen LogP contribution in [0.25, 0.3) is 0 Å². The van der Waals surface area contributed by atoms with Crippen molar-refractivity contribution in [3.05, 3.63) is 65.5 Å². The molecule has 160 valence electrons. The quantitative estimate of drug-likeness (QED) is 0.782. The number of anilines is 1. The van der Waals surface area contributed by atoms with Crippen molar-refractivity contribution < 1.29 is 18.7 Å². The molecule has 2 aliphatic heterocycles. The number of carbonyl (C=O) groups is 1. The monoisotopic (exact) mass is 412 g/mol. The van der Waals surface area contributed by atoms with Crippen molar-refractivity contribution in [2.24, 2.45) is 0 Å². The van der Waals surface area contributed by atoms with Crippen LogP contribution in [0, 0.1) is 12.7 Å². The van der Waals surface area contributed by atoms with E-state index in [0.717, 1.165) is 38.0 Å². The summed E-state index contributed by atoms with van der Waals surface area (Å²) < 4.78 is 26.2. The van der Waals surface area contributed by atoms with Crippen molar-refractivity contribution in [3.8, 4) is 0 Å². The molecular weight excluding hydrogens is 383 g/mol. The van der Waals surface area contributed by atoms with Crippen molar-refractivity contribution in [2.75, 3.05) is 31.6 Å². The molecule has 0 bridgehead atoms. The smallest absolute Gasteiger partial charge is 0.238 e. The van der Waals surface area contributed by atoms with Gasteiger partial charge >= 0.3 is 0 Å². The van der Waals surface area contributed by atoms with Crippen molar-refractivity contribution in [2.45, 2.75) is 44.5 Å². The van der Waals surface area contributed by atoms with E-state index in [9.17, 15) is 9.18 Å². The lowest BCUT2D eigenvalue weighted by Crippen LogP contribution is -2.57. The number of nitrogens with one attached hydrogen (secondary N) is 1. The molecule has 2 fully saturated rings. The zero-order valence-corrected chi connectivity index (χ0v) is 17.4. The number of aryl methyl sites for hydroxylation is 1. The molecule has 0 radical (unpaired) electrons. The fraction of sp³-hybridized carbons (Fsp3) is 0.458. The largest absolute Gasteiger partial charge is 0.372 e. The number of ether oxygens (including phenoxy) is 2. The predicted molar refractivity (Wildman–Crippen MR) is 114 cm³/mol. The number of rotatable bonds is 6. The molecule has 0 aromatic heterocycles. The first kappa shape index (κ1) is 21.0. The van der Waals surface area contributed by atoms with Crippen LogP contribution >= 0.6 is 0 Å². The second-order valence-electron chi connectivity index (χ2n) is 8.30. The second-order valence-corrected chi connectivity index (χ2v) is 8.30. The number of carbonyl (C=O) groups excluding carboxylic acids is 1. The summed E-state index contributed by atoms with van der Waals surface area (Å²) in [6.07, 6.45) is 2.80. The van der Waals surface area contributed by atoms with E-state index in [1.165, 1.54) is 6.07 Å². The van der Waals surface area contributed by atoms with Crippen LogP contribution in [0.5, 0.6) is 0 Å². The average Bonchev–Trinajstić information content (AvgIpc) is 3.21. The molecule has 0 unspecified atom stereocenters. The highest BCUT2D eigenvalue weighted by atomic mass is 19.1. The van der Waals surface area contributed by atoms with E-state index in [2.05, 4.69) is 22.3 Å². The minimum atomic E-state index is -0.319. The molecule has 2 aromatic rings. The van der Waals surface area contributed by atoms with Crippen LogP contribution in [0.3, 0.4) is 0 Å². The number of likely N-dealkylation sites (tertiary alicyclic amines) is 1. The molecule has 2 aromatic carbocycles. The van der Waals surface area contributed by atoms with Gasteiger partial charge in [-0.3, -0.25) is 9.69 Å². The van der Waals surface area contributed by atoms with Gasteiger partial charge in [-0.25, -0.2) is 4.39 Å². The van der Waals surface area contributed by atoms with Gasteiger partial charge in [0.2, 0.25) is 5.91 Å². The SMILES string of the molecule is Cc1ccc(NC(=O)CN2CC[C@@]3(CCCO3)[C@H](OCc3ccccc3)C2)cc1F. The number of hydrogen-bond acceptors (Lipinski definition) is 4. The van der Waals surface area contributed by atoms with Gasteiger partial charge in [0.15, 0.2) is 0 Å². The van der Waals surface area contributed by atoms with E-state index in [-0.39, 0.29) is 30.0 Å². The van der Waals surface area contributed by atoms with Gasteiger partial charge in [-0.15, -0.1) is 0 Å². The van der Waals surface area contributed by atoms with E-state index in [1.807, 2.05) is 18.2 Å². The molecule has 2 saturated heterocycles. The molecule has 0 aliphatic carbocycles. The van der Waals surface area contributed by atoms with Crippen LogP contribution in [0.4, 0.5) is 10.1 Å². The number of nitrogens with zero attached hydrogens (tertiary/aromatic N) is 1. The highest BCUT2D eigenvalue weighted by Crippen LogP contribution is 2.38. The Morgan fingerprint density at radius 1 is 1.27 bits per heavy atom. The van der Waals surface area contributed by atoms with Gasteiger partial charge in [0, 0.05) is 25.4 Å². The summed E-state index contributed by atoms with van der Waals surface area (Å²) >= 11 is 0. The second kappa shape index (κ2) is 9.25. The highest BCUT2D eigenvalue weighted by Gasteiger charge is 2.47. The molecular formula is C24H29FN2O3. The van der Waals surface area contributed by atoms with Crippen LogP contribution in [-0.2, 0) is 20.9 Å². The number of amides is 1. The van der Waals surface area contributed by atoms with E-state index >= 15 is 0 Å². The Hall–Kier alpha value is -2.28. The number of piperidine rings is 1. The van der Waals surface area contributed by atoms with Crippen molar-refractivity contribution in [1.82, 2.24) is 4.90 Å². The maximum Gasteiger partial charge on any atom is 0.238 e. The van der Waals surface area contributed by atoms with Crippen molar-refractivity contribution in [3.63, 3.8) is 0 Å². The molecule has 2 atom stereocenters. The minimum Gasteiger partial charge on any atom is -0.372 e. The maximum absolute atomic E-state index is 13.7. The van der Waals surface area contributed by atoms with Gasteiger partial charge in [0.05, 0.1) is 24.9 Å². The minimum absolute atomic E-state index is 0.0847. The van der Waals surface area contributed by atoms with Gasteiger partial charge in [-0.2, -0.15) is 0 Å². The summed E-state index contributed by atoms with van der Waals surface area (Å²) in [5.74, 6) is -0.469. The molecule has 4 rings (SSSR count). The summed E-state index contributed by atoms with van der Waals surface area (Å²) in [5.41, 5.74) is 1.92. The van der Waals surface area contributed by atoms with Crippen LogP contribution in [-0.4, -0.2) is 48.8 Å². The first-order valence-corrected chi connectivity index (χ1v) is 10.6. The lowest BCUT2D eigenvalue weighted by Gasteiger charge is -2.44. The predicted octanol–water partition coefficient (Wildman–Crippen LogP) is 3.91. The maximum atomic E-state index is 13.7. The number of hydrogen-bond donors (Lipinski definition) is 1. The van der Waals surface area contributed by atoms with Crippen molar-refractivity contribution >= 4 is 11.6 Å². The number of halogens is 1. The zero-order valence-electron chi connectivity index (χ0n) is 17.4. The molecule has 5 nitrogen and oxygen atoms in total. The van der Waals surface area contributed by atoms with Gasteiger partial charge in [0.1, 0.15) is 5.82 Å². The molecule has 1 N–H and O–H groups in total. The van der Waals surface area contributed by atoms with E-state index in [0.29, 0.717) is 24.4 Å². The van der Waals surface area contributed by atoms with E-state index in [1.54, 1.807) is 19.1 Å². The van der Waals surface area contributed by atoms with Crippen LogP contribution in [0.2, 0.25) is 0 Å². The molecule has 2 aliphatic rings. The molecule has 1 amide bonds. The Morgan fingerprint density at radius 3 is 2.83 bits per heavy atom. The summed E-state index contributed by atoms with van der Waals surface area (Å²) in [4.78, 5) is 14.6. The Kier molecular flexibility index (Phi) is 6.46. The van der Waals surface area contributed by atoms with Gasteiger partial charge in [-0.05, 0) is 49.4 Å². The Bertz CT molecular complexity index is 868. The molecule has 30 heavy (non-hydrogen) atoms. The van der Waals surface area contributed by atoms with E-state index < -0.39 is 0 Å². The summed E-state index contributed by atoms with van der Waals surface area (Å²) in [6, 6.07) is 14.9. The van der Waals surface area contributed by atoms with E-state index in [4.69, 9.17) is 9.47 Å². The first-order valence-electron chi connectivity index (χ1n) is 10.6. The third-order valence-corrected chi connectivity index (χ3v) is 6.11. The topological polar surface area (TPSA) is 50.8 Å². The highest BCUT2D eigenvalue weighted by molar-refractivity contribution is 5.92. The molecule has 1 spiro atoms. The lowest BCUT2D eigenvalue weighted by atomic mass is 9.85. The van der Waals surface area contributed by atoms with Gasteiger partial charge in [-0.1, -0.05) is 36.4 Å².